The summed E-state index contributed by atoms with van der Waals surface area (Å²) < 4.78 is 12.7. The molecule has 196 valence electrons. The molecule has 0 unspecified atom stereocenters. The molecule has 4 nitrogen and oxygen atoms in total. The molecule has 0 bridgehead atoms. The van der Waals surface area contributed by atoms with Gasteiger partial charge in [0.05, 0.1) is 17.2 Å². The predicted molar refractivity (Wildman–Crippen MR) is 147 cm³/mol. The van der Waals surface area contributed by atoms with Crippen LogP contribution in [-0.2, 0) is 14.9 Å². The highest BCUT2D eigenvalue weighted by Gasteiger charge is 2.41. The van der Waals surface area contributed by atoms with Crippen LogP contribution in [0.4, 0.5) is 0 Å². The van der Waals surface area contributed by atoms with Gasteiger partial charge in [0.25, 0.3) is 0 Å². The van der Waals surface area contributed by atoms with Gasteiger partial charge in [-0.1, -0.05) is 82.1 Å². The smallest absolute Gasteiger partial charge is 0.341 e. The molecule has 2 aromatic rings. The fourth-order valence-corrected chi connectivity index (χ4v) is 5.37. The molecule has 1 saturated heterocycles. The SMILES string of the molecule is C=C(C)[C@@H]1C[C@@H](c2ccc(Cl)cc2)[C@@H](CC(C)C)O[C@H]1c1cc(C(C)(C)C)cc(Cl)c1OCC(=O)O. The number of rotatable bonds is 8. The van der Waals surface area contributed by atoms with E-state index in [-0.39, 0.29) is 29.5 Å². The fraction of sp³-hybridized carbons (Fsp3) is 0.500. The number of benzene rings is 2. The van der Waals surface area contributed by atoms with Crippen molar-refractivity contribution in [3.05, 3.63) is 75.3 Å². The van der Waals surface area contributed by atoms with Crippen LogP contribution < -0.4 is 4.74 Å². The van der Waals surface area contributed by atoms with E-state index in [1.54, 1.807) is 0 Å². The standard InChI is InChI=1S/C30H38Cl2O4/c1-17(2)12-26-23(19-8-10-21(31)11-9-19)15-22(18(3)4)28(36-26)24-13-20(30(5,6)7)14-25(32)29(24)35-16-27(33)34/h8-11,13-14,17,22-23,26,28H,3,12,15-16H2,1-2,4-7H3,(H,33,34)/t22-,23-,26+,28+/m0/s1. The van der Waals surface area contributed by atoms with Gasteiger partial charge < -0.3 is 14.6 Å². The van der Waals surface area contributed by atoms with Gasteiger partial charge in [0.15, 0.2) is 6.61 Å². The van der Waals surface area contributed by atoms with Crippen LogP contribution in [-0.4, -0.2) is 23.8 Å². The minimum atomic E-state index is -1.06. The van der Waals surface area contributed by atoms with Gasteiger partial charge >= 0.3 is 5.97 Å². The maximum Gasteiger partial charge on any atom is 0.341 e. The maximum atomic E-state index is 11.3. The van der Waals surface area contributed by atoms with E-state index in [9.17, 15) is 9.90 Å². The molecule has 0 spiro atoms. The summed E-state index contributed by atoms with van der Waals surface area (Å²) >= 11 is 12.9. The zero-order chi connectivity index (χ0) is 26.8. The summed E-state index contributed by atoms with van der Waals surface area (Å²) in [5, 5.41) is 10.4. The molecule has 1 aliphatic heterocycles. The van der Waals surface area contributed by atoms with E-state index in [1.165, 1.54) is 5.56 Å². The lowest BCUT2D eigenvalue weighted by molar-refractivity contribution is -0.139. The zero-order valence-corrected chi connectivity index (χ0v) is 23.6. The Kier molecular flexibility index (Phi) is 9.19. The summed E-state index contributed by atoms with van der Waals surface area (Å²) in [5.41, 5.74) is 3.85. The molecule has 0 aromatic heterocycles. The summed E-state index contributed by atoms with van der Waals surface area (Å²) in [4.78, 5) is 11.3. The first kappa shape index (κ1) is 28.6. The summed E-state index contributed by atoms with van der Waals surface area (Å²) in [6.45, 7) is 16.6. The number of carboxylic acid groups (broad SMARTS) is 1. The molecule has 0 saturated carbocycles. The van der Waals surface area contributed by atoms with Crippen molar-refractivity contribution < 1.29 is 19.4 Å². The van der Waals surface area contributed by atoms with Gasteiger partial charge in [-0.3, -0.25) is 0 Å². The second kappa shape index (κ2) is 11.6. The average molecular weight is 534 g/mol. The molecule has 0 radical (unpaired) electrons. The number of carbonyl (C=O) groups is 1. The fourth-order valence-electron chi connectivity index (χ4n) is 4.97. The first-order valence-corrected chi connectivity index (χ1v) is 13.3. The number of ether oxygens (including phenoxy) is 2. The van der Waals surface area contributed by atoms with Crippen LogP contribution >= 0.6 is 23.2 Å². The first-order valence-electron chi connectivity index (χ1n) is 12.5. The van der Waals surface area contributed by atoms with Crippen LogP contribution in [0.1, 0.15) is 83.1 Å². The van der Waals surface area contributed by atoms with Crippen LogP contribution in [0.2, 0.25) is 10.0 Å². The molecule has 0 aliphatic carbocycles. The van der Waals surface area contributed by atoms with Gasteiger partial charge in [-0.05, 0) is 66.5 Å². The molecular weight excluding hydrogens is 495 g/mol. The van der Waals surface area contributed by atoms with Crippen LogP contribution in [0.25, 0.3) is 0 Å². The summed E-state index contributed by atoms with van der Waals surface area (Å²) in [7, 11) is 0. The second-order valence-corrected chi connectivity index (χ2v) is 12.2. The monoisotopic (exact) mass is 532 g/mol. The largest absolute Gasteiger partial charge is 0.480 e. The quantitative estimate of drug-likeness (QED) is 0.345. The Morgan fingerprint density at radius 3 is 2.36 bits per heavy atom. The Hall–Kier alpha value is -2.01. The third kappa shape index (κ3) is 6.85. The van der Waals surface area contributed by atoms with E-state index >= 15 is 0 Å². The van der Waals surface area contributed by atoms with Gasteiger partial charge in [0.1, 0.15) is 5.75 Å². The lowest BCUT2D eigenvalue weighted by atomic mass is 9.73. The third-order valence-electron chi connectivity index (χ3n) is 6.86. The summed E-state index contributed by atoms with van der Waals surface area (Å²) in [6.07, 6.45) is 1.31. The topological polar surface area (TPSA) is 55.8 Å². The normalized spacial score (nSPS) is 22.5. The number of halogens is 2. The van der Waals surface area contributed by atoms with Crippen molar-refractivity contribution in [3.8, 4) is 5.75 Å². The molecule has 2 aromatic carbocycles. The minimum Gasteiger partial charge on any atom is -0.480 e. The van der Waals surface area contributed by atoms with Crippen molar-refractivity contribution in [1.29, 1.82) is 0 Å². The average Bonchev–Trinajstić information content (AvgIpc) is 2.77. The Labute approximate surface area is 225 Å². The highest BCUT2D eigenvalue weighted by atomic mass is 35.5. The van der Waals surface area contributed by atoms with Crippen molar-refractivity contribution in [2.75, 3.05) is 6.61 Å². The van der Waals surface area contributed by atoms with E-state index in [0.29, 0.717) is 21.7 Å². The number of aliphatic carboxylic acids is 1. The van der Waals surface area contributed by atoms with Crippen LogP contribution in [0.15, 0.2) is 48.6 Å². The predicted octanol–water partition coefficient (Wildman–Crippen LogP) is 8.61. The highest BCUT2D eigenvalue weighted by Crippen LogP contribution is 2.51. The number of hydrogen-bond donors (Lipinski definition) is 1. The summed E-state index contributed by atoms with van der Waals surface area (Å²) in [5.74, 6) is -0.0890. The van der Waals surface area contributed by atoms with Gasteiger partial charge in [-0.15, -0.1) is 0 Å². The van der Waals surface area contributed by atoms with E-state index < -0.39 is 12.6 Å². The molecular formula is C30H38Cl2O4. The Balaban J connectivity index is 2.14. The molecule has 3 rings (SSSR count). The van der Waals surface area contributed by atoms with Gasteiger partial charge in [-0.2, -0.15) is 0 Å². The minimum absolute atomic E-state index is 0.00689. The second-order valence-electron chi connectivity index (χ2n) is 11.4. The molecule has 1 heterocycles. The molecule has 6 heteroatoms. The third-order valence-corrected chi connectivity index (χ3v) is 7.40. The molecule has 0 amide bonds. The number of carboxylic acids is 1. The molecule has 4 atom stereocenters. The van der Waals surface area contributed by atoms with Crippen LogP contribution in [0.3, 0.4) is 0 Å². The van der Waals surface area contributed by atoms with Gasteiger partial charge in [0, 0.05) is 22.4 Å². The van der Waals surface area contributed by atoms with E-state index in [2.05, 4.69) is 59.4 Å². The van der Waals surface area contributed by atoms with Crippen LogP contribution in [0, 0.1) is 11.8 Å². The summed E-state index contributed by atoms with van der Waals surface area (Å²) in [6, 6.07) is 11.9. The Morgan fingerprint density at radius 1 is 1.19 bits per heavy atom. The van der Waals surface area contributed by atoms with Crippen molar-refractivity contribution in [2.45, 2.75) is 77.9 Å². The zero-order valence-electron chi connectivity index (χ0n) is 22.1. The van der Waals surface area contributed by atoms with Crippen molar-refractivity contribution >= 4 is 29.2 Å². The first-order chi connectivity index (χ1) is 16.8. The van der Waals surface area contributed by atoms with Crippen LogP contribution in [0.5, 0.6) is 5.75 Å². The van der Waals surface area contributed by atoms with E-state index in [0.717, 1.165) is 29.5 Å². The van der Waals surface area contributed by atoms with Crippen molar-refractivity contribution in [1.82, 2.24) is 0 Å². The molecule has 36 heavy (non-hydrogen) atoms. The molecule has 1 aliphatic rings. The Morgan fingerprint density at radius 2 is 1.83 bits per heavy atom. The molecule has 1 fully saturated rings. The molecule has 1 N–H and O–H groups in total. The van der Waals surface area contributed by atoms with E-state index in [4.69, 9.17) is 32.7 Å². The van der Waals surface area contributed by atoms with Gasteiger partial charge in [-0.25, -0.2) is 4.79 Å². The van der Waals surface area contributed by atoms with Crippen molar-refractivity contribution in [2.24, 2.45) is 11.8 Å². The van der Waals surface area contributed by atoms with Gasteiger partial charge in [0.2, 0.25) is 0 Å². The lowest BCUT2D eigenvalue weighted by Gasteiger charge is -2.44. The van der Waals surface area contributed by atoms with E-state index in [1.807, 2.05) is 25.1 Å². The van der Waals surface area contributed by atoms with Crippen molar-refractivity contribution in [3.63, 3.8) is 0 Å². The maximum absolute atomic E-state index is 11.3. The Bertz CT molecular complexity index is 1090. The number of hydrogen-bond acceptors (Lipinski definition) is 3. The lowest BCUT2D eigenvalue weighted by Crippen LogP contribution is -2.37. The highest BCUT2D eigenvalue weighted by molar-refractivity contribution is 6.32.